The zero-order valence-electron chi connectivity index (χ0n) is 13.2. The molecular weight excluding hydrogens is 284 g/mol. The fourth-order valence-electron chi connectivity index (χ4n) is 3.34. The van der Waals surface area contributed by atoms with E-state index in [1.54, 1.807) is 0 Å². The minimum absolute atomic E-state index is 0.660. The SMILES string of the molecule is CCc1nn(CC)c(CN(CC2CCCN2)C2CC2)c1Cl. The number of nitrogens with zero attached hydrogens (tertiary/aromatic N) is 3. The van der Waals surface area contributed by atoms with E-state index in [0.717, 1.165) is 42.8 Å². The molecule has 1 saturated carbocycles. The summed E-state index contributed by atoms with van der Waals surface area (Å²) in [4.78, 5) is 2.62. The van der Waals surface area contributed by atoms with E-state index in [4.69, 9.17) is 11.6 Å². The fourth-order valence-corrected chi connectivity index (χ4v) is 3.67. The van der Waals surface area contributed by atoms with Crippen LogP contribution in [0.2, 0.25) is 5.02 Å². The average Bonchev–Trinajstić information content (AvgIpc) is 3.13. The van der Waals surface area contributed by atoms with E-state index in [1.807, 2.05) is 0 Å². The second-order valence-corrected chi connectivity index (χ2v) is 6.71. The predicted octanol–water partition coefficient (Wildman–Crippen LogP) is 2.84. The largest absolute Gasteiger partial charge is 0.313 e. The lowest BCUT2D eigenvalue weighted by Crippen LogP contribution is -2.38. The van der Waals surface area contributed by atoms with E-state index in [2.05, 4.69) is 33.8 Å². The van der Waals surface area contributed by atoms with Gasteiger partial charge >= 0.3 is 0 Å². The van der Waals surface area contributed by atoms with Gasteiger partial charge in [-0.25, -0.2) is 0 Å². The summed E-state index contributed by atoms with van der Waals surface area (Å²) in [6, 6.07) is 1.42. The van der Waals surface area contributed by atoms with Gasteiger partial charge in [-0.15, -0.1) is 0 Å². The maximum atomic E-state index is 6.57. The molecule has 1 saturated heterocycles. The van der Waals surface area contributed by atoms with E-state index in [0.29, 0.717) is 6.04 Å². The minimum Gasteiger partial charge on any atom is -0.313 e. The monoisotopic (exact) mass is 310 g/mol. The molecule has 2 fully saturated rings. The molecule has 1 aliphatic heterocycles. The lowest BCUT2D eigenvalue weighted by molar-refractivity contribution is 0.224. The third kappa shape index (κ3) is 3.43. The van der Waals surface area contributed by atoms with Gasteiger partial charge < -0.3 is 5.32 Å². The number of rotatable bonds is 7. The summed E-state index contributed by atoms with van der Waals surface area (Å²) >= 11 is 6.57. The van der Waals surface area contributed by atoms with Crippen molar-refractivity contribution in [3.63, 3.8) is 0 Å². The van der Waals surface area contributed by atoms with Gasteiger partial charge in [-0.2, -0.15) is 5.10 Å². The number of aromatic nitrogens is 2. The molecule has 1 atom stereocenters. The molecule has 3 rings (SSSR count). The van der Waals surface area contributed by atoms with Crippen LogP contribution >= 0.6 is 11.6 Å². The third-order valence-electron chi connectivity index (χ3n) is 4.73. The summed E-state index contributed by atoms with van der Waals surface area (Å²) in [7, 11) is 0. The highest BCUT2D eigenvalue weighted by Gasteiger charge is 2.32. The Balaban J connectivity index is 1.74. The number of halogens is 1. The van der Waals surface area contributed by atoms with E-state index in [1.165, 1.54) is 37.9 Å². The van der Waals surface area contributed by atoms with Crippen LogP contribution in [-0.2, 0) is 19.5 Å². The zero-order valence-corrected chi connectivity index (χ0v) is 14.0. The first kappa shape index (κ1) is 15.3. The molecule has 1 aliphatic carbocycles. The van der Waals surface area contributed by atoms with Crippen LogP contribution in [-0.4, -0.2) is 39.9 Å². The first-order valence-electron chi connectivity index (χ1n) is 8.44. The Morgan fingerprint density at radius 2 is 2.14 bits per heavy atom. The van der Waals surface area contributed by atoms with Crippen LogP contribution in [0.4, 0.5) is 0 Å². The molecule has 2 heterocycles. The average molecular weight is 311 g/mol. The second-order valence-electron chi connectivity index (χ2n) is 6.33. The second kappa shape index (κ2) is 6.67. The van der Waals surface area contributed by atoms with Crippen molar-refractivity contribution in [3.05, 3.63) is 16.4 Å². The van der Waals surface area contributed by atoms with Gasteiger partial charge in [-0.3, -0.25) is 9.58 Å². The normalized spacial score (nSPS) is 22.4. The van der Waals surface area contributed by atoms with Gasteiger partial charge in [0.15, 0.2) is 0 Å². The Bertz CT molecular complexity index is 475. The Kier molecular flexibility index (Phi) is 4.87. The summed E-state index contributed by atoms with van der Waals surface area (Å²) in [5.41, 5.74) is 2.25. The summed E-state index contributed by atoms with van der Waals surface area (Å²) in [6.07, 6.45) is 6.21. The maximum absolute atomic E-state index is 6.57. The van der Waals surface area contributed by atoms with Gasteiger partial charge in [-0.05, 0) is 45.6 Å². The van der Waals surface area contributed by atoms with E-state index in [9.17, 15) is 0 Å². The molecule has 0 spiro atoms. The van der Waals surface area contributed by atoms with Crippen molar-refractivity contribution in [2.45, 2.75) is 71.1 Å². The third-order valence-corrected chi connectivity index (χ3v) is 5.16. The number of hydrogen-bond acceptors (Lipinski definition) is 3. The molecule has 1 aromatic rings. The molecule has 5 heteroatoms. The van der Waals surface area contributed by atoms with Gasteiger partial charge in [0.1, 0.15) is 0 Å². The van der Waals surface area contributed by atoms with Crippen molar-refractivity contribution in [1.29, 1.82) is 0 Å². The molecule has 118 valence electrons. The quantitative estimate of drug-likeness (QED) is 0.840. The molecule has 1 aromatic heterocycles. The maximum Gasteiger partial charge on any atom is 0.0863 e. The van der Waals surface area contributed by atoms with E-state index < -0.39 is 0 Å². The Labute approximate surface area is 132 Å². The topological polar surface area (TPSA) is 33.1 Å². The van der Waals surface area contributed by atoms with Crippen molar-refractivity contribution in [3.8, 4) is 0 Å². The molecule has 0 aromatic carbocycles. The molecule has 1 unspecified atom stereocenters. The lowest BCUT2D eigenvalue weighted by Gasteiger charge is -2.26. The first-order chi connectivity index (χ1) is 10.2. The van der Waals surface area contributed by atoms with Crippen LogP contribution in [0.3, 0.4) is 0 Å². The molecule has 0 radical (unpaired) electrons. The molecule has 0 bridgehead atoms. The fraction of sp³-hybridized carbons (Fsp3) is 0.812. The summed E-state index contributed by atoms with van der Waals surface area (Å²) in [5.74, 6) is 0. The number of aryl methyl sites for hydroxylation is 2. The highest BCUT2D eigenvalue weighted by atomic mass is 35.5. The zero-order chi connectivity index (χ0) is 14.8. The van der Waals surface area contributed by atoms with E-state index in [-0.39, 0.29) is 0 Å². The molecule has 4 nitrogen and oxygen atoms in total. The standard InChI is InChI=1S/C16H27ClN4/c1-3-14-16(17)15(21(4-2)19-14)11-20(13-7-8-13)10-12-6-5-9-18-12/h12-13,18H,3-11H2,1-2H3. The molecule has 21 heavy (non-hydrogen) atoms. The van der Waals surface area contributed by atoms with Gasteiger partial charge in [0.25, 0.3) is 0 Å². The summed E-state index contributed by atoms with van der Waals surface area (Å²) in [5, 5.41) is 9.16. The van der Waals surface area contributed by atoms with E-state index >= 15 is 0 Å². The van der Waals surface area contributed by atoms with Crippen molar-refractivity contribution >= 4 is 11.6 Å². The summed E-state index contributed by atoms with van der Waals surface area (Å²) in [6.45, 7) is 8.44. The van der Waals surface area contributed by atoms with Crippen LogP contribution < -0.4 is 5.32 Å². The van der Waals surface area contributed by atoms with Crippen LogP contribution in [0.25, 0.3) is 0 Å². The van der Waals surface area contributed by atoms with Gasteiger partial charge in [0.2, 0.25) is 0 Å². The molecule has 0 amide bonds. The number of hydrogen-bond donors (Lipinski definition) is 1. The smallest absolute Gasteiger partial charge is 0.0863 e. The highest BCUT2D eigenvalue weighted by Crippen LogP contribution is 2.31. The first-order valence-corrected chi connectivity index (χ1v) is 8.82. The number of nitrogens with one attached hydrogen (secondary N) is 1. The predicted molar refractivity (Wildman–Crippen MR) is 86.7 cm³/mol. The molecular formula is C16H27ClN4. The van der Waals surface area contributed by atoms with Gasteiger partial charge in [0.05, 0.1) is 16.4 Å². The van der Waals surface area contributed by atoms with Crippen LogP contribution in [0, 0.1) is 0 Å². The van der Waals surface area contributed by atoms with Crippen LogP contribution in [0.1, 0.15) is 50.9 Å². The van der Waals surface area contributed by atoms with Crippen molar-refractivity contribution in [1.82, 2.24) is 20.0 Å². The van der Waals surface area contributed by atoms with Gasteiger partial charge in [0, 0.05) is 31.7 Å². The minimum atomic E-state index is 0.660. The van der Waals surface area contributed by atoms with Crippen LogP contribution in [0.15, 0.2) is 0 Å². The van der Waals surface area contributed by atoms with Crippen molar-refractivity contribution < 1.29 is 0 Å². The molecule has 1 N–H and O–H groups in total. The van der Waals surface area contributed by atoms with Crippen molar-refractivity contribution in [2.75, 3.05) is 13.1 Å². The highest BCUT2D eigenvalue weighted by molar-refractivity contribution is 6.31. The van der Waals surface area contributed by atoms with Crippen molar-refractivity contribution in [2.24, 2.45) is 0 Å². The Morgan fingerprint density at radius 1 is 1.33 bits per heavy atom. The summed E-state index contributed by atoms with van der Waals surface area (Å²) < 4.78 is 2.10. The van der Waals surface area contributed by atoms with Crippen LogP contribution in [0.5, 0.6) is 0 Å². The molecule has 2 aliphatic rings. The Hall–Kier alpha value is -0.580. The lowest BCUT2D eigenvalue weighted by atomic mass is 10.2. The Morgan fingerprint density at radius 3 is 2.71 bits per heavy atom. The van der Waals surface area contributed by atoms with Gasteiger partial charge in [-0.1, -0.05) is 18.5 Å².